The number of hydrogen-bond donors (Lipinski definition) is 2. The molecule has 1 aromatic carbocycles. The second-order valence-corrected chi connectivity index (χ2v) is 5.20. The number of primary amides is 1. The lowest BCUT2D eigenvalue weighted by Gasteiger charge is -2.14. The zero-order valence-corrected chi connectivity index (χ0v) is 13.5. The van der Waals surface area contributed by atoms with Crippen molar-refractivity contribution in [1.29, 1.82) is 0 Å². The van der Waals surface area contributed by atoms with E-state index in [2.05, 4.69) is 28.2 Å². The predicted octanol–water partition coefficient (Wildman–Crippen LogP) is 2.21. The Kier molecular flexibility index (Phi) is 7.40. The maximum atomic E-state index is 10.7. The highest BCUT2D eigenvalue weighted by Gasteiger charge is 2.12. The maximum Gasteiger partial charge on any atom is 0.220 e. The Balaban J connectivity index is 2.76. The van der Waals surface area contributed by atoms with Gasteiger partial charge in [-0.05, 0) is 46.6 Å². The predicted molar refractivity (Wildman–Crippen MR) is 82.0 cm³/mol. The third-order valence-electron chi connectivity index (χ3n) is 2.64. The lowest BCUT2D eigenvalue weighted by atomic mass is 10.2. The summed E-state index contributed by atoms with van der Waals surface area (Å²) in [5, 5.41) is 3.33. The SMILES string of the molecule is CCCNCc1cc(Br)c(OCCC(N)=O)c(OC)c1. The van der Waals surface area contributed by atoms with E-state index in [4.69, 9.17) is 15.2 Å². The fourth-order valence-electron chi connectivity index (χ4n) is 1.68. The van der Waals surface area contributed by atoms with Gasteiger partial charge >= 0.3 is 0 Å². The van der Waals surface area contributed by atoms with Gasteiger partial charge in [-0.25, -0.2) is 0 Å². The van der Waals surface area contributed by atoms with Crippen molar-refractivity contribution in [2.24, 2.45) is 5.73 Å². The summed E-state index contributed by atoms with van der Waals surface area (Å²) in [6.07, 6.45) is 1.27. The van der Waals surface area contributed by atoms with Crippen LogP contribution in [0.2, 0.25) is 0 Å². The van der Waals surface area contributed by atoms with Crippen LogP contribution in [0, 0.1) is 0 Å². The average molecular weight is 345 g/mol. The van der Waals surface area contributed by atoms with Crippen molar-refractivity contribution >= 4 is 21.8 Å². The number of benzene rings is 1. The monoisotopic (exact) mass is 344 g/mol. The summed E-state index contributed by atoms with van der Waals surface area (Å²) >= 11 is 3.47. The standard InChI is InChI=1S/C14H21BrN2O3/c1-3-5-17-9-10-7-11(15)14(12(8-10)19-2)20-6-4-13(16)18/h7-8,17H,3-6,9H2,1-2H3,(H2,16,18). The number of ether oxygens (including phenoxy) is 2. The van der Waals surface area contributed by atoms with Gasteiger partial charge in [-0.3, -0.25) is 4.79 Å². The van der Waals surface area contributed by atoms with Crippen molar-refractivity contribution in [2.75, 3.05) is 20.3 Å². The quantitative estimate of drug-likeness (QED) is 0.673. The first-order valence-corrected chi connectivity index (χ1v) is 7.36. The zero-order chi connectivity index (χ0) is 15.0. The van der Waals surface area contributed by atoms with Gasteiger partial charge in [-0.15, -0.1) is 0 Å². The Hall–Kier alpha value is -1.27. The minimum Gasteiger partial charge on any atom is -0.493 e. The molecule has 0 bridgehead atoms. The molecular weight excluding hydrogens is 324 g/mol. The summed E-state index contributed by atoms with van der Waals surface area (Å²) in [4.78, 5) is 10.7. The molecule has 0 aliphatic carbocycles. The number of rotatable bonds is 9. The molecule has 6 heteroatoms. The molecule has 0 saturated heterocycles. The molecule has 0 unspecified atom stereocenters. The maximum absolute atomic E-state index is 10.7. The van der Waals surface area contributed by atoms with Gasteiger partial charge in [0, 0.05) is 6.54 Å². The van der Waals surface area contributed by atoms with Gasteiger partial charge in [-0.2, -0.15) is 0 Å². The molecule has 1 amide bonds. The van der Waals surface area contributed by atoms with E-state index < -0.39 is 0 Å². The lowest BCUT2D eigenvalue weighted by Crippen LogP contribution is -2.15. The summed E-state index contributed by atoms with van der Waals surface area (Å²) in [5.74, 6) is 0.839. The van der Waals surface area contributed by atoms with Crippen LogP contribution in [0.1, 0.15) is 25.3 Å². The van der Waals surface area contributed by atoms with E-state index in [0.29, 0.717) is 11.5 Å². The van der Waals surface area contributed by atoms with E-state index in [0.717, 1.165) is 29.5 Å². The second kappa shape index (κ2) is 8.81. The van der Waals surface area contributed by atoms with Crippen LogP contribution in [-0.4, -0.2) is 26.2 Å². The van der Waals surface area contributed by atoms with Crippen LogP contribution in [0.15, 0.2) is 16.6 Å². The van der Waals surface area contributed by atoms with Gasteiger partial charge in [0.1, 0.15) is 0 Å². The molecule has 0 atom stereocenters. The topological polar surface area (TPSA) is 73.6 Å². The molecule has 112 valence electrons. The minimum absolute atomic E-state index is 0.176. The first kappa shape index (κ1) is 16.8. The van der Waals surface area contributed by atoms with Gasteiger partial charge in [0.15, 0.2) is 11.5 Å². The van der Waals surface area contributed by atoms with Crippen LogP contribution < -0.4 is 20.5 Å². The van der Waals surface area contributed by atoms with Crippen molar-refractivity contribution in [3.05, 3.63) is 22.2 Å². The summed E-state index contributed by atoms with van der Waals surface area (Å²) in [7, 11) is 1.59. The van der Waals surface area contributed by atoms with Crippen LogP contribution in [-0.2, 0) is 11.3 Å². The summed E-state index contributed by atoms with van der Waals surface area (Å²) in [6, 6.07) is 3.90. The molecule has 0 radical (unpaired) electrons. The highest BCUT2D eigenvalue weighted by molar-refractivity contribution is 9.10. The molecular formula is C14H21BrN2O3. The zero-order valence-electron chi connectivity index (χ0n) is 11.9. The van der Waals surface area contributed by atoms with Crippen LogP contribution in [0.25, 0.3) is 0 Å². The van der Waals surface area contributed by atoms with Crippen LogP contribution >= 0.6 is 15.9 Å². The smallest absolute Gasteiger partial charge is 0.220 e. The van der Waals surface area contributed by atoms with Crippen molar-refractivity contribution in [2.45, 2.75) is 26.3 Å². The largest absolute Gasteiger partial charge is 0.493 e. The molecule has 1 aromatic rings. The van der Waals surface area contributed by atoms with E-state index in [1.165, 1.54) is 0 Å². The van der Waals surface area contributed by atoms with Crippen molar-refractivity contribution < 1.29 is 14.3 Å². The Morgan fingerprint density at radius 2 is 2.20 bits per heavy atom. The molecule has 20 heavy (non-hydrogen) atoms. The Morgan fingerprint density at radius 3 is 2.80 bits per heavy atom. The third kappa shape index (κ3) is 5.38. The van der Waals surface area contributed by atoms with Gasteiger partial charge in [0.05, 0.1) is 24.6 Å². The minimum atomic E-state index is -0.388. The summed E-state index contributed by atoms with van der Waals surface area (Å²) in [6.45, 7) is 4.10. The van der Waals surface area contributed by atoms with E-state index in [1.807, 2.05) is 12.1 Å². The fraction of sp³-hybridized carbons (Fsp3) is 0.500. The molecule has 0 saturated carbocycles. The Labute approximate surface area is 127 Å². The number of carbonyl (C=O) groups excluding carboxylic acids is 1. The van der Waals surface area contributed by atoms with Crippen molar-refractivity contribution in [3.8, 4) is 11.5 Å². The van der Waals surface area contributed by atoms with E-state index in [-0.39, 0.29) is 18.9 Å². The Morgan fingerprint density at radius 1 is 1.45 bits per heavy atom. The van der Waals surface area contributed by atoms with Crippen LogP contribution in [0.4, 0.5) is 0 Å². The van der Waals surface area contributed by atoms with Gasteiger partial charge in [-0.1, -0.05) is 6.92 Å². The Bertz CT molecular complexity index is 452. The molecule has 0 spiro atoms. The summed E-state index contributed by atoms with van der Waals surface area (Å²) in [5.41, 5.74) is 6.19. The first-order chi connectivity index (χ1) is 9.58. The first-order valence-electron chi connectivity index (χ1n) is 6.56. The molecule has 0 heterocycles. The normalized spacial score (nSPS) is 10.3. The summed E-state index contributed by atoms with van der Waals surface area (Å²) < 4.78 is 11.7. The van der Waals surface area contributed by atoms with Gasteiger partial charge in [0.25, 0.3) is 0 Å². The fourth-order valence-corrected chi connectivity index (χ4v) is 2.28. The van der Waals surface area contributed by atoms with E-state index in [1.54, 1.807) is 7.11 Å². The van der Waals surface area contributed by atoms with Gasteiger partial charge < -0.3 is 20.5 Å². The van der Waals surface area contributed by atoms with E-state index in [9.17, 15) is 4.79 Å². The molecule has 3 N–H and O–H groups in total. The molecule has 0 aliphatic heterocycles. The van der Waals surface area contributed by atoms with Crippen LogP contribution in [0.3, 0.4) is 0 Å². The second-order valence-electron chi connectivity index (χ2n) is 4.35. The average Bonchev–Trinajstić information content (AvgIpc) is 2.40. The molecule has 0 fully saturated rings. The number of hydrogen-bond acceptors (Lipinski definition) is 4. The number of halogens is 1. The molecule has 0 aromatic heterocycles. The lowest BCUT2D eigenvalue weighted by molar-refractivity contribution is -0.118. The van der Waals surface area contributed by atoms with Crippen molar-refractivity contribution in [3.63, 3.8) is 0 Å². The number of methoxy groups -OCH3 is 1. The van der Waals surface area contributed by atoms with E-state index >= 15 is 0 Å². The third-order valence-corrected chi connectivity index (χ3v) is 3.23. The molecule has 1 rings (SSSR count). The van der Waals surface area contributed by atoms with Gasteiger partial charge in [0.2, 0.25) is 5.91 Å². The number of nitrogens with one attached hydrogen (secondary N) is 1. The highest BCUT2D eigenvalue weighted by atomic mass is 79.9. The van der Waals surface area contributed by atoms with Crippen molar-refractivity contribution in [1.82, 2.24) is 5.32 Å². The molecule has 5 nitrogen and oxygen atoms in total. The number of nitrogens with two attached hydrogens (primary N) is 1. The van der Waals surface area contributed by atoms with Crippen LogP contribution in [0.5, 0.6) is 11.5 Å². The molecule has 0 aliphatic rings. The number of carbonyl (C=O) groups is 1. The highest BCUT2D eigenvalue weighted by Crippen LogP contribution is 2.36. The number of amides is 1.